The Kier molecular flexibility index (Phi) is 7.82. The van der Waals surface area contributed by atoms with Gasteiger partial charge in [-0.2, -0.15) is 13.8 Å². The van der Waals surface area contributed by atoms with E-state index in [0.29, 0.717) is 0 Å². The summed E-state index contributed by atoms with van der Waals surface area (Å²) in [5.74, 6) is 0. The van der Waals surface area contributed by atoms with Crippen molar-refractivity contribution in [3.05, 3.63) is 43.1 Å². The van der Waals surface area contributed by atoms with Crippen molar-refractivity contribution < 1.29 is 32.7 Å². The van der Waals surface area contributed by atoms with Crippen LogP contribution in [0.3, 0.4) is 0 Å². The maximum atomic E-state index is 4.06. The molecule has 14 heavy (non-hydrogen) atoms. The fourth-order valence-electron chi connectivity index (χ4n) is 0.865. The third-order valence-corrected chi connectivity index (χ3v) is 1.33. The standard InChI is InChI=1S/C8H5N2.C3H7.Y/c1-2-4-8-7(3-1)9-5-6-10-8;1-3-2;/h1-5H;3H,1-2H3;/q2*-1;. The van der Waals surface area contributed by atoms with Crippen molar-refractivity contribution in [1.29, 1.82) is 0 Å². The van der Waals surface area contributed by atoms with Crippen molar-refractivity contribution in [2.24, 2.45) is 0 Å². The van der Waals surface area contributed by atoms with Gasteiger partial charge in [0.1, 0.15) is 0 Å². The fraction of sp³-hybridized carbons (Fsp3) is 0.182. The average molecular weight is 261 g/mol. The van der Waals surface area contributed by atoms with Gasteiger partial charge in [0.2, 0.25) is 0 Å². The van der Waals surface area contributed by atoms with Gasteiger partial charge in [0, 0.05) is 38.2 Å². The van der Waals surface area contributed by atoms with E-state index in [4.69, 9.17) is 0 Å². The van der Waals surface area contributed by atoms with E-state index in [9.17, 15) is 0 Å². The number of fused-ring (bicyclic) bond motifs is 1. The maximum absolute atomic E-state index is 4.06. The summed E-state index contributed by atoms with van der Waals surface area (Å²) in [5.41, 5.74) is 1.81. The van der Waals surface area contributed by atoms with Crippen LogP contribution in [-0.4, -0.2) is 9.97 Å². The van der Waals surface area contributed by atoms with Crippen LogP contribution in [0.5, 0.6) is 0 Å². The van der Waals surface area contributed by atoms with Crippen LogP contribution in [-0.2, 0) is 32.7 Å². The first-order valence-electron chi connectivity index (χ1n) is 4.20. The quantitative estimate of drug-likeness (QED) is 0.681. The van der Waals surface area contributed by atoms with Crippen molar-refractivity contribution in [2.45, 2.75) is 13.8 Å². The molecule has 2 aromatic rings. The molecule has 0 bridgehead atoms. The van der Waals surface area contributed by atoms with Crippen LogP contribution in [0, 0.1) is 12.6 Å². The number of rotatable bonds is 0. The number of hydrogen-bond acceptors (Lipinski definition) is 2. The number of para-hydroxylation sites is 2. The SMILES string of the molecule is C[CH-]C.[Y].[c-]1cnc2ccccc2n1. The Morgan fingerprint density at radius 3 is 2.29 bits per heavy atom. The first-order chi connectivity index (χ1) is 6.38. The molecule has 0 saturated carbocycles. The van der Waals surface area contributed by atoms with Gasteiger partial charge in [-0.3, -0.25) is 4.98 Å². The number of nitrogens with zero attached hydrogens (tertiary/aromatic N) is 2. The molecule has 71 valence electrons. The summed E-state index contributed by atoms with van der Waals surface area (Å²) < 4.78 is 0. The molecule has 0 aliphatic heterocycles. The molecule has 0 aliphatic carbocycles. The molecule has 0 spiro atoms. The van der Waals surface area contributed by atoms with Gasteiger partial charge in [0.15, 0.2) is 0 Å². The normalized spacial score (nSPS) is 8.43. The molecular weight excluding hydrogens is 249 g/mol. The Morgan fingerprint density at radius 1 is 1.14 bits per heavy atom. The molecule has 1 aromatic heterocycles. The van der Waals surface area contributed by atoms with Crippen LogP contribution in [0.4, 0.5) is 0 Å². The van der Waals surface area contributed by atoms with E-state index >= 15 is 0 Å². The van der Waals surface area contributed by atoms with Gasteiger partial charge in [0.25, 0.3) is 0 Å². The Bertz CT molecular complexity index is 297. The zero-order chi connectivity index (χ0) is 9.52. The summed E-state index contributed by atoms with van der Waals surface area (Å²) in [6.07, 6.45) is 6.25. The summed E-state index contributed by atoms with van der Waals surface area (Å²) >= 11 is 0. The van der Waals surface area contributed by atoms with Gasteiger partial charge in [-0.1, -0.05) is 23.7 Å². The largest absolute Gasteiger partial charge is 0.448 e. The summed E-state index contributed by atoms with van der Waals surface area (Å²) in [7, 11) is 0. The summed E-state index contributed by atoms with van der Waals surface area (Å²) in [6, 6.07) is 7.72. The molecule has 1 aromatic carbocycles. The Labute approximate surface area is 110 Å². The van der Waals surface area contributed by atoms with Gasteiger partial charge >= 0.3 is 0 Å². The van der Waals surface area contributed by atoms with Crippen molar-refractivity contribution in [3.63, 3.8) is 0 Å². The molecule has 2 rings (SSSR count). The van der Waals surface area contributed by atoms with Gasteiger partial charge < -0.3 is 11.4 Å². The second-order valence-electron chi connectivity index (χ2n) is 2.57. The van der Waals surface area contributed by atoms with E-state index in [1.165, 1.54) is 0 Å². The molecule has 0 saturated heterocycles. The Hall–Kier alpha value is -0.336. The predicted octanol–water partition coefficient (Wildman–Crippen LogP) is 2.66. The van der Waals surface area contributed by atoms with Crippen LogP contribution < -0.4 is 0 Å². The van der Waals surface area contributed by atoms with E-state index in [0.717, 1.165) is 11.0 Å². The van der Waals surface area contributed by atoms with Crippen molar-refractivity contribution in [2.75, 3.05) is 0 Å². The average Bonchev–Trinajstić information content (AvgIpc) is 2.19. The molecule has 0 amide bonds. The molecule has 0 unspecified atom stereocenters. The van der Waals surface area contributed by atoms with Crippen LogP contribution in [0.15, 0.2) is 30.5 Å². The molecule has 0 atom stereocenters. The third-order valence-electron chi connectivity index (χ3n) is 1.33. The predicted molar refractivity (Wildman–Crippen MR) is 54.0 cm³/mol. The van der Waals surface area contributed by atoms with Crippen LogP contribution in [0.25, 0.3) is 11.0 Å². The second-order valence-corrected chi connectivity index (χ2v) is 2.57. The number of benzene rings is 1. The second kappa shape index (κ2) is 8.01. The first-order valence-corrected chi connectivity index (χ1v) is 4.20. The fourth-order valence-corrected chi connectivity index (χ4v) is 0.865. The topological polar surface area (TPSA) is 25.8 Å². The number of hydrogen-bond donors (Lipinski definition) is 0. The molecule has 2 nitrogen and oxygen atoms in total. The smallest absolute Gasteiger partial charge is 0.00478 e. The molecule has 0 N–H and O–H groups in total. The van der Waals surface area contributed by atoms with E-state index < -0.39 is 0 Å². The molecule has 1 heterocycles. The summed E-state index contributed by atoms with van der Waals surface area (Å²) in [6.45, 7) is 4.00. The monoisotopic (exact) mass is 261 g/mol. The summed E-state index contributed by atoms with van der Waals surface area (Å²) in [5, 5.41) is 0. The Balaban J connectivity index is 0.000000381. The number of aromatic nitrogens is 2. The minimum Gasteiger partial charge on any atom is -0.448 e. The Morgan fingerprint density at radius 2 is 1.71 bits per heavy atom. The van der Waals surface area contributed by atoms with Gasteiger partial charge in [-0.05, 0) is 6.20 Å². The van der Waals surface area contributed by atoms with Gasteiger partial charge in [-0.25, -0.2) is 0 Å². The van der Waals surface area contributed by atoms with Gasteiger partial charge in [-0.15, -0.1) is 12.3 Å². The minimum atomic E-state index is 0. The van der Waals surface area contributed by atoms with E-state index in [1.54, 1.807) is 6.20 Å². The third kappa shape index (κ3) is 4.25. The van der Waals surface area contributed by atoms with Crippen LogP contribution in [0.1, 0.15) is 13.8 Å². The summed E-state index contributed by atoms with van der Waals surface area (Å²) in [4.78, 5) is 8.06. The minimum absolute atomic E-state index is 0. The first kappa shape index (κ1) is 13.7. The molecule has 3 heteroatoms. The van der Waals surface area contributed by atoms with Crippen molar-refractivity contribution in [3.8, 4) is 0 Å². The van der Waals surface area contributed by atoms with Crippen LogP contribution >= 0.6 is 0 Å². The van der Waals surface area contributed by atoms with E-state index in [2.05, 4.69) is 16.2 Å². The molecule has 0 aliphatic rings. The maximum Gasteiger partial charge on any atom is 0.00478 e. The zero-order valence-corrected chi connectivity index (χ0v) is 11.3. The van der Waals surface area contributed by atoms with E-state index in [1.807, 2.05) is 44.5 Å². The van der Waals surface area contributed by atoms with Crippen LogP contribution in [0.2, 0.25) is 0 Å². The molecular formula is C11H12N2Y-2. The van der Waals surface area contributed by atoms with Crippen molar-refractivity contribution >= 4 is 11.0 Å². The van der Waals surface area contributed by atoms with Crippen molar-refractivity contribution in [1.82, 2.24) is 9.97 Å². The van der Waals surface area contributed by atoms with Gasteiger partial charge in [0.05, 0.1) is 0 Å². The molecule has 1 radical (unpaired) electrons. The van der Waals surface area contributed by atoms with E-state index in [-0.39, 0.29) is 32.7 Å². The zero-order valence-electron chi connectivity index (χ0n) is 8.44. The molecule has 0 fully saturated rings.